The molecule has 0 unspecified atom stereocenters. The van der Waals surface area contributed by atoms with Crippen molar-refractivity contribution >= 4 is 17.9 Å². The van der Waals surface area contributed by atoms with E-state index in [4.69, 9.17) is 15.3 Å². The molecule has 1 aromatic heterocycles. The summed E-state index contributed by atoms with van der Waals surface area (Å²) >= 11 is 0. The lowest BCUT2D eigenvalue weighted by molar-refractivity contribution is 0.0627. The molecule has 1 heterocycles. The first-order valence-corrected chi connectivity index (χ1v) is 3.50. The van der Waals surface area contributed by atoms with Crippen LogP contribution in [0.2, 0.25) is 0 Å². The minimum atomic E-state index is -1.68. The first-order valence-electron chi connectivity index (χ1n) is 3.50. The Bertz CT molecular complexity index is 423. The Balaban J connectivity index is 3.56. The van der Waals surface area contributed by atoms with E-state index in [-0.39, 0.29) is 0 Å². The zero-order valence-corrected chi connectivity index (χ0v) is 7.04. The molecule has 1 rings (SSSR count). The molecule has 0 saturated carbocycles. The first kappa shape index (κ1) is 10.6. The van der Waals surface area contributed by atoms with Crippen molar-refractivity contribution in [3.05, 3.63) is 23.0 Å². The molecule has 8 nitrogen and oxygen atoms in total. The highest BCUT2D eigenvalue weighted by Gasteiger charge is 2.25. The highest BCUT2D eigenvalue weighted by molar-refractivity contribution is 6.07. The standard InChI is InChI=1S/C7H4N2O6/c10-5(11)2-1-8-9-4(7(14)15)3(2)6(12)13/h1H,(H,10,11)(H,12,13)(H,14,15). The van der Waals surface area contributed by atoms with Crippen molar-refractivity contribution in [2.45, 2.75) is 0 Å². The molecule has 0 radical (unpaired) electrons. The van der Waals surface area contributed by atoms with Gasteiger partial charge in [-0.15, -0.1) is 5.10 Å². The lowest BCUT2D eigenvalue weighted by Crippen LogP contribution is -2.17. The maximum atomic E-state index is 10.7. The van der Waals surface area contributed by atoms with Crippen LogP contribution in [0.1, 0.15) is 31.2 Å². The monoisotopic (exact) mass is 212 g/mol. The maximum absolute atomic E-state index is 10.7. The summed E-state index contributed by atoms with van der Waals surface area (Å²) in [5.74, 6) is -4.91. The van der Waals surface area contributed by atoms with Gasteiger partial charge in [0.1, 0.15) is 5.56 Å². The molecule has 8 heteroatoms. The fraction of sp³-hybridized carbons (Fsp3) is 0. The average molecular weight is 212 g/mol. The van der Waals surface area contributed by atoms with E-state index in [1.54, 1.807) is 0 Å². The number of carboxylic acid groups (broad SMARTS) is 3. The Hall–Kier alpha value is -2.51. The number of aromatic carboxylic acids is 3. The quantitative estimate of drug-likeness (QED) is 0.613. The van der Waals surface area contributed by atoms with Gasteiger partial charge in [-0.1, -0.05) is 0 Å². The summed E-state index contributed by atoms with van der Waals surface area (Å²) in [6.45, 7) is 0. The van der Waals surface area contributed by atoms with Gasteiger partial charge < -0.3 is 15.3 Å². The molecule has 0 atom stereocenters. The van der Waals surface area contributed by atoms with Crippen LogP contribution < -0.4 is 0 Å². The second kappa shape index (κ2) is 3.70. The predicted octanol–water partition coefficient (Wildman–Crippen LogP) is -0.429. The molecule has 0 aliphatic rings. The Labute approximate surface area is 81.8 Å². The van der Waals surface area contributed by atoms with Crippen molar-refractivity contribution in [3.8, 4) is 0 Å². The summed E-state index contributed by atoms with van der Waals surface area (Å²) in [6.07, 6.45) is 0.679. The lowest BCUT2D eigenvalue weighted by atomic mass is 10.1. The van der Waals surface area contributed by atoms with Gasteiger partial charge in [0, 0.05) is 0 Å². The number of aromatic nitrogens is 2. The number of hydrogen-bond acceptors (Lipinski definition) is 5. The lowest BCUT2D eigenvalue weighted by Gasteiger charge is -2.02. The molecule has 0 amide bonds. The van der Waals surface area contributed by atoms with Gasteiger partial charge in [0.05, 0.1) is 11.8 Å². The van der Waals surface area contributed by atoms with Crippen LogP contribution in [-0.2, 0) is 0 Å². The largest absolute Gasteiger partial charge is 0.478 e. The van der Waals surface area contributed by atoms with Crippen molar-refractivity contribution in [2.24, 2.45) is 0 Å². The Morgan fingerprint density at radius 2 is 1.60 bits per heavy atom. The molecule has 0 fully saturated rings. The van der Waals surface area contributed by atoms with Gasteiger partial charge in [-0.25, -0.2) is 14.4 Å². The molecular formula is C7H4N2O6. The maximum Gasteiger partial charge on any atom is 0.357 e. The van der Waals surface area contributed by atoms with Gasteiger partial charge >= 0.3 is 17.9 Å². The van der Waals surface area contributed by atoms with Crippen molar-refractivity contribution < 1.29 is 29.7 Å². The summed E-state index contributed by atoms with van der Waals surface area (Å²) in [4.78, 5) is 31.8. The second-order valence-electron chi connectivity index (χ2n) is 2.40. The molecule has 15 heavy (non-hydrogen) atoms. The van der Waals surface area contributed by atoms with Crippen LogP contribution >= 0.6 is 0 Å². The van der Waals surface area contributed by atoms with E-state index in [1.807, 2.05) is 0 Å². The molecule has 1 aromatic rings. The van der Waals surface area contributed by atoms with Crippen molar-refractivity contribution in [2.75, 3.05) is 0 Å². The van der Waals surface area contributed by atoms with E-state index in [9.17, 15) is 14.4 Å². The van der Waals surface area contributed by atoms with Crippen molar-refractivity contribution in [1.29, 1.82) is 0 Å². The molecule has 0 spiro atoms. The molecule has 0 saturated heterocycles. The SMILES string of the molecule is O=C(O)c1cnnc(C(=O)O)c1C(=O)O. The summed E-state index contributed by atoms with van der Waals surface area (Å²) in [5, 5.41) is 32.0. The third-order valence-electron chi connectivity index (χ3n) is 1.50. The van der Waals surface area contributed by atoms with Crippen LogP contribution in [0.5, 0.6) is 0 Å². The smallest absolute Gasteiger partial charge is 0.357 e. The third-order valence-corrected chi connectivity index (χ3v) is 1.50. The first-order chi connectivity index (χ1) is 6.95. The molecule has 0 aliphatic carbocycles. The molecule has 78 valence electrons. The highest BCUT2D eigenvalue weighted by Crippen LogP contribution is 2.11. The second-order valence-corrected chi connectivity index (χ2v) is 2.40. The van der Waals surface area contributed by atoms with Crippen LogP contribution in [0.15, 0.2) is 6.20 Å². The van der Waals surface area contributed by atoms with E-state index >= 15 is 0 Å². The molecule has 0 bridgehead atoms. The van der Waals surface area contributed by atoms with Crippen LogP contribution in [-0.4, -0.2) is 43.4 Å². The van der Waals surface area contributed by atoms with Crippen molar-refractivity contribution in [3.63, 3.8) is 0 Å². The fourth-order valence-corrected chi connectivity index (χ4v) is 0.915. The minimum absolute atomic E-state index is 0.679. The highest BCUT2D eigenvalue weighted by atomic mass is 16.4. The van der Waals surface area contributed by atoms with E-state index in [0.29, 0.717) is 6.20 Å². The van der Waals surface area contributed by atoms with Crippen LogP contribution in [0.4, 0.5) is 0 Å². The third kappa shape index (κ3) is 1.88. The van der Waals surface area contributed by atoms with Crippen LogP contribution in [0.25, 0.3) is 0 Å². The fourth-order valence-electron chi connectivity index (χ4n) is 0.915. The normalized spacial score (nSPS) is 9.60. The average Bonchev–Trinajstić information content (AvgIpc) is 2.16. The predicted molar refractivity (Wildman–Crippen MR) is 42.9 cm³/mol. The Kier molecular flexibility index (Phi) is 2.61. The van der Waals surface area contributed by atoms with Crippen LogP contribution in [0, 0.1) is 0 Å². The number of hydrogen-bond donors (Lipinski definition) is 3. The zero-order valence-electron chi connectivity index (χ0n) is 7.04. The van der Waals surface area contributed by atoms with Gasteiger partial charge in [0.25, 0.3) is 0 Å². The van der Waals surface area contributed by atoms with Crippen molar-refractivity contribution in [1.82, 2.24) is 10.2 Å². The number of rotatable bonds is 3. The van der Waals surface area contributed by atoms with E-state index < -0.39 is 34.7 Å². The van der Waals surface area contributed by atoms with Crippen LogP contribution in [0.3, 0.4) is 0 Å². The number of carboxylic acids is 3. The molecule has 0 aliphatic heterocycles. The molecular weight excluding hydrogens is 208 g/mol. The molecule has 0 aromatic carbocycles. The van der Waals surface area contributed by atoms with E-state index in [1.165, 1.54) is 0 Å². The summed E-state index contributed by atoms with van der Waals surface area (Å²) in [7, 11) is 0. The molecule has 3 N–H and O–H groups in total. The summed E-state index contributed by atoms with van der Waals surface area (Å²) in [5.41, 5.74) is -2.50. The van der Waals surface area contributed by atoms with Gasteiger partial charge in [-0.2, -0.15) is 5.10 Å². The number of nitrogens with zero attached hydrogens (tertiary/aromatic N) is 2. The topological polar surface area (TPSA) is 138 Å². The Morgan fingerprint density at radius 3 is 2.00 bits per heavy atom. The summed E-state index contributed by atoms with van der Waals surface area (Å²) < 4.78 is 0. The Morgan fingerprint density at radius 1 is 1.00 bits per heavy atom. The van der Waals surface area contributed by atoms with Gasteiger partial charge in [-0.3, -0.25) is 0 Å². The van der Waals surface area contributed by atoms with Gasteiger partial charge in [-0.05, 0) is 0 Å². The van der Waals surface area contributed by atoms with E-state index in [2.05, 4.69) is 10.2 Å². The van der Waals surface area contributed by atoms with E-state index in [0.717, 1.165) is 0 Å². The summed E-state index contributed by atoms with van der Waals surface area (Å²) in [6, 6.07) is 0. The minimum Gasteiger partial charge on any atom is -0.478 e. The number of carbonyl (C=O) groups is 3. The zero-order chi connectivity index (χ0) is 11.6. The van der Waals surface area contributed by atoms with Gasteiger partial charge in [0.2, 0.25) is 0 Å². The van der Waals surface area contributed by atoms with Gasteiger partial charge in [0.15, 0.2) is 5.69 Å².